The van der Waals surface area contributed by atoms with Gasteiger partial charge in [-0.2, -0.15) is 0 Å². The maximum atomic E-state index is 3.53. The molecule has 2 heteroatoms. The lowest BCUT2D eigenvalue weighted by atomic mass is 9.78. The molecule has 2 rings (SSSR count). The minimum Gasteiger partial charge on any atom is -0.314 e. The topological polar surface area (TPSA) is 15.3 Å². The number of nitrogens with zero attached hydrogens (tertiary/aromatic N) is 1. The predicted octanol–water partition coefficient (Wildman–Crippen LogP) is 3.03. The summed E-state index contributed by atoms with van der Waals surface area (Å²) >= 11 is 0. The third-order valence-corrected chi connectivity index (χ3v) is 4.76. The van der Waals surface area contributed by atoms with Gasteiger partial charge in [-0.1, -0.05) is 19.8 Å². The van der Waals surface area contributed by atoms with Crippen molar-refractivity contribution in [2.45, 2.75) is 70.9 Å². The Morgan fingerprint density at radius 1 is 1.18 bits per heavy atom. The molecule has 3 atom stereocenters. The van der Waals surface area contributed by atoms with Crippen molar-refractivity contribution in [3.05, 3.63) is 0 Å². The highest BCUT2D eigenvalue weighted by atomic mass is 15.2. The molecule has 2 aliphatic rings. The zero-order chi connectivity index (χ0) is 12.1. The summed E-state index contributed by atoms with van der Waals surface area (Å²) in [6.45, 7) is 8.31. The number of hydrogen-bond acceptors (Lipinski definition) is 2. The number of nitrogens with one attached hydrogen (secondary N) is 1. The van der Waals surface area contributed by atoms with E-state index >= 15 is 0 Å². The molecular formula is C15H30N2. The molecule has 100 valence electrons. The standard InChI is InChI=1S/C15H30N2/c1-3-16-13(2)10-12-17-11-6-8-14-7-4-5-9-15(14)17/h13-16H,3-12H2,1-2H3/t13?,14-,15-/m1/s1. The van der Waals surface area contributed by atoms with Crippen LogP contribution in [0.4, 0.5) is 0 Å². The van der Waals surface area contributed by atoms with Gasteiger partial charge in [0.1, 0.15) is 0 Å². The molecule has 1 saturated heterocycles. The zero-order valence-electron chi connectivity index (χ0n) is 11.8. The zero-order valence-corrected chi connectivity index (χ0v) is 11.8. The molecule has 0 spiro atoms. The van der Waals surface area contributed by atoms with Gasteiger partial charge in [0.15, 0.2) is 0 Å². The molecule has 0 aromatic rings. The number of piperidine rings is 1. The van der Waals surface area contributed by atoms with Crippen LogP contribution in [0.15, 0.2) is 0 Å². The van der Waals surface area contributed by atoms with Crippen LogP contribution in [0.5, 0.6) is 0 Å². The van der Waals surface area contributed by atoms with E-state index in [1.165, 1.54) is 58.0 Å². The summed E-state index contributed by atoms with van der Waals surface area (Å²) in [4.78, 5) is 2.81. The molecule has 17 heavy (non-hydrogen) atoms. The van der Waals surface area contributed by atoms with Crippen LogP contribution in [0.25, 0.3) is 0 Å². The summed E-state index contributed by atoms with van der Waals surface area (Å²) < 4.78 is 0. The summed E-state index contributed by atoms with van der Waals surface area (Å²) in [6, 6.07) is 1.62. The first-order valence-electron chi connectivity index (χ1n) is 7.78. The Hall–Kier alpha value is -0.0800. The van der Waals surface area contributed by atoms with Crippen molar-refractivity contribution in [2.75, 3.05) is 19.6 Å². The third kappa shape index (κ3) is 3.69. The van der Waals surface area contributed by atoms with E-state index < -0.39 is 0 Å². The molecule has 0 amide bonds. The summed E-state index contributed by atoms with van der Waals surface area (Å²) in [6.07, 6.45) is 10.2. The van der Waals surface area contributed by atoms with Gasteiger partial charge in [0, 0.05) is 12.1 Å². The van der Waals surface area contributed by atoms with Crippen LogP contribution in [0.2, 0.25) is 0 Å². The van der Waals surface area contributed by atoms with Gasteiger partial charge in [0.05, 0.1) is 0 Å². The maximum Gasteiger partial charge on any atom is 0.0123 e. The molecule has 1 aliphatic heterocycles. The molecule has 1 aliphatic carbocycles. The molecule has 1 saturated carbocycles. The summed E-state index contributed by atoms with van der Waals surface area (Å²) in [7, 11) is 0. The molecule has 2 fully saturated rings. The molecule has 1 heterocycles. The average molecular weight is 238 g/mol. The molecule has 0 aromatic heterocycles. The lowest BCUT2D eigenvalue weighted by Crippen LogP contribution is -2.48. The molecule has 1 unspecified atom stereocenters. The Labute approximate surface area is 107 Å². The van der Waals surface area contributed by atoms with E-state index in [9.17, 15) is 0 Å². The lowest BCUT2D eigenvalue weighted by Gasteiger charge is -2.44. The number of fused-ring (bicyclic) bond motifs is 1. The van der Waals surface area contributed by atoms with Crippen LogP contribution in [-0.4, -0.2) is 36.6 Å². The van der Waals surface area contributed by atoms with Crippen LogP contribution >= 0.6 is 0 Å². The molecular weight excluding hydrogens is 208 g/mol. The van der Waals surface area contributed by atoms with Crippen molar-refractivity contribution >= 4 is 0 Å². The average Bonchev–Trinajstić information content (AvgIpc) is 2.36. The largest absolute Gasteiger partial charge is 0.314 e. The fourth-order valence-corrected chi connectivity index (χ4v) is 3.82. The van der Waals surface area contributed by atoms with Crippen molar-refractivity contribution in [3.63, 3.8) is 0 Å². The second-order valence-electron chi connectivity index (χ2n) is 6.04. The van der Waals surface area contributed by atoms with E-state index in [0.29, 0.717) is 6.04 Å². The van der Waals surface area contributed by atoms with Gasteiger partial charge in [0.2, 0.25) is 0 Å². The highest BCUT2D eigenvalue weighted by molar-refractivity contribution is 4.87. The highest BCUT2D eigenvalue weighted by Gasteiger charge is 2.32. The molecule has 2 nitrogen and oxygen atoms in total. The summed E-state index contributed by atoms with van der Waals surface area (Å²) in [5.41, 5.74) is 0. The van der Waals surface area contributed by atoms with Gasteiger partial charge in [-0.05, 0) is 64.6 Å². The summed E-state index contributed by atoms with van der Waals surface area (Å²) in [5, 5.41) is 3.53. The minimum atomic E-state index is 0.684. The van der Waals surface area contributed by atoms with Gasteiger partial charge in [-0.3, -0.25) is 0 Å². The van der Waals surface area contributed by atoms with Gasteiger partial charge < -0.3 is 10.2 Å². The van der Waals surface area contributed by atoms with E-state index in [2.05, 4.69) is 24.1 Å². The van der Waals surface area contributed by atoms with Crippen LogP contribution in [0.1, 0.15) is 58.8 Å². The fourth-order valence-electron chi connectivity index (χ4n) is 3.82. The monoisotopic (exact) mass is 238 g/mol. The SMILES string of the molecule is CCNC(C)CCN1CCC[C@H]2CCCC[C@H]21. The fraction of sp³-hybridized carbons (Fsp3) is 1.00. The lowest BCUT2D eigenvalue weighted by molar-refractivity contribution is 0.0582. The third-order valence-electron chi connectivity index (χ3n) is 4.76. The highest BCUT2D eigenvalue weighted by Crippen LogP contribution is 2.35. The van der Waals surface area contributed by atoms with Crippen LogP contribution < -0.4 is 5.32 Å². The molecule has 0 aromatic carbocycles. The number of rotatable bonds is 5. The van der Waals surface area contributed by atoms with Crippen LogP contribution in [-0.2, 0) is 0 Å². The molecule has 1 N–H and O–H groups in total. The Morgan fingerprint density at radius 3 is 2.76 bits per heavy atom. The first-order valence-corrected chi connectivity index (χ1v) is 7.78. The van der Waals surface area contributed by atoms with Gasteiger partial charge in [-0.25, -0.2) is 0 Å². The van der Waals surface area contributed by atoms with Crippen LogP contribution in [0.3, 0.4) is 0 Å². The van der Waals surface area contributed by atoms with Gasteiger partial charge >= 0.3 is 0 Å². The van der Waals surface area contributed by atoms with E-state index in [1.54, 1.807) is 0 Å². The van der Waals surface area contributed by atoms with Crippen molar-refractivity contribution in [1.29, 1.82) is 0 Å². The first-order chi connectivity index (χ1) is 8.31. The second kappa shape index (κ2) is 6.75. The quantitative estimate of drug-likeness (QED) is 0.792. The second-order valence-corrected chi connectivity index (χ2v) is 6.04. The van der Waals surface area contributed by atoms with Crippen molar-refractivity contribution < 1.29 is 0 Å². The number of hydrogen-bond donors (Lipinski definition) is 1. The van der Waals surface area contributed by atoms with Gasteiger partial charge in [-0.15, -0.1) is 0 Å². The normalized spacial score (nSPS) is 32.1. The van der Waals surface area contributed by atoms with Crippen molar-refractivity contribution in [1.82, 2.24) is 10.2 Å². The van der Waals surface area contributed by atoms with Gasteiger partial charge in [0.25, 0.3) is 0 Å². The minimum absolute atomic E-state index is 0.684. The van der Waals surface area contributed by atoms with Crippen molar-refractivity contribution in [2.24, 2.45) is 5.92 Å². The van der Waals surface area contributed by atoms with E-state index in [4.69, 9.17) is 0 Å². The van der Waals surface area contributed by atoms with E-state index in [-0.39, 0.29) is 0 Å². The number of likely N-dealkylation sites (tertiary alicyclic amines) is 1. The van der Waals surface area contributed by atoms with Crippen molar-refractivity contribution in [3.8, 4) is 0 Å². The molecule has 0 bridgehead atoms. The Kier molecular flexibility index (Phi) is 5.30. The Balaban J connectivity index is 1.78. The summed E-state index contributed by atoms with van der Waals surface area (Å²) in [5.74, 6) is 1.03. The Morgan fingerprint density at radius 2 is 1.94 bits per heavy atom. The Bertz CT molecular complexity index is 215. The van der Waals surface area contributed by atoms with Crippen LogP contribution in [0, 0.1) is 5.92 Å². The predicted molar refractivity (Wildman–Crippen MR) is 74.3 cm³/mol. The molecule has 0 radical (unpaired) electrons. The van der Waals surface area contributed by atoms with E-state index in [0.717, 1.165) is 18.5 Å². The first kappa shape index (κ1) is 13.4. The smallest absolute Gasteiger partial charge is 0.0123 e. The van der Waals surface area contributed by atoms with E-state index in [1.807, 2.05) is 0 Å². The maximum absolute atomic E-state index is 3.53.